The van der Waals surface area contributed by atoms with Crippen molar-refractivity contribution in [2.75, 3.05) is 13.1 Å². The molecule has 2 unspecified atom stereocenters. The molecular weight excluding hydrogens is 232 g/mol. The Balaban J connectivity index is 1.81. The summed E-state index contributed by atoms with van der Waals surface area (Å²) in [4.78, 5) is 2.78. The molecule has 2 fully saturated rings. The lowest BCUT2D eigenvalue weighted by Gasteiger charge is -2.51. The normalized spacial score (nSPS) is 33.1. The molecule has 1 aromatic rings. The van der Waals surface area contributed by atoms with Crippen molar-refractivity contribution in [3.63, 3.8) is 0 Å². The van der Waals surface area contributed by atoms with Crippen LogP contribution in [0.5, 0.6) is 0 Å². The largest absolute Gasteiger partial charge is 0.305 e. The predicted molar refractivity (Wildman–Crippen MR) is 80.2 cm³/mol. The molecule has 19 heavy (non-hydrogen) atoms. The number of hydrogen-bond donors (Lipinski definition) is 1. The van der Waals surface area contributed by atoms with E-state index in [2.05, 4.69) is 54.4 Å². The van der Waals surface area contributed by atoms with Gasteiger partial charge in [0.25, 0.3) is 0 Å². The Bertz CT molecular complexity index is 413. The zero-order chi connectivity index (χ0) is 13.3. The number of nitrogens with one attached hydrogen (secondary N) is 1. The maximum Gasteiger partial charge on any atom is 0.0535 e. The Kier molecular flexibility index (Phi) is 3.64. The van der Waals surface area contributed by atoms with Gasteiger partial charge in [-0.1, -0.05) is 43.7 Å². The minimum atomic E-state index is 0.114. The van der Waals surface area contributed by atoms with E-state index in [0.29, 0.717) is 0 Å². The molecule has 2 aliphatic rings. The lowest BCUT2D eigenvalue weighted by molar-refractivity contribution is 0.0133. The summed E-state index contributed by atoms with van der Waals surface area (Å²) in [5.41, 5.74) is 1.54. The molecular formula is C17H26N2. The monoisotopic (exact) mass is 258 g/mol. The molecule has 0 bridgehead atoms. The van der Waals surface area contributed by atoms with Gasteiger partial charge in [0.2, 0.25) is 0 Å². The first kappa shape index (κ1) is 13.1. The molecule has 1 heterocycles. The van der Waals surface area contributed by atoms with Gasteiger partial charge >= 0.3 is 0 Å². The molecule has 1 aliphatic carbocycles. The summed E-state index contributed by atoms with van der Waals surface area (Å²) in [5, 5.41) is 3.80. The van der Waals surface area contributed by atoms with Gasteiger partial charge < -0.3 is 5.32 Å². The molecule has 0 aromatic heterocycles. The molecule has 1 aromatic carbocycles. The lowest BCUT2D eigenvalue weighted by Crippen LogP contribution is -2.64. The fourth-order valence-corrected chi connectivity index (χ4v) is 3.53. The molecule has 3 rings (SSSR count). The summed E-state index contributed by atoms with van der Waals surface area (Å²) in [6, 6.07) is 12.5. The second kappa shape index (κ2) is 5.26. The summed E-state index contributed by atoms with van der Waals surface area (Å²) in [5.74, 6) is 0. The van der Waals surface area contributed by atoms with E-state index in [-0.39, 0.29) is 5.54 Å². The van der Waals surface area contributed by atoms with Crippen molar-refractivity contribution in [3.05, 3.63) is 35.9 Å². The fourth-order valence-electron chi connectivity index (χ4n) is 3.53. The molecule has 2 nitrogen and oxygen atoms in total. The second-order valence-corrected chi connectivity index (χ2v) is 6.40. The molecule has 1 N–H and O–H groups in total. The highest BCUT2D eigenvalue weighted by molar-refractivity contribution is 5.25. The first-order valence-electron chi connectivity index (χ1n) is 7.79. The maximum atomic E-state index is 3.80. The van der Waals surface area contributed by atoms with E-state index >= 15 is 0 Å². The first-order valence-corrected chi connectivity index (χ1v) is 7.79. The van der Waals surface area contributed by atoms with Gasteiger partial charge in [-0.25, -0.2) is 0 Å². The third-order valence-corrected chi connectivity index (χ3v) is 5.12. The van der Waals surface area contributed by atoms with Gasteiger partial charge in [0.15, 0.2) is 0 Å². The molecule has 2 heteroatoms. The van der Waals surface area contributed by atoms with Crippen LogP contribution in [0.1, 0.15) is 45.1 Å². The van der Waals surface area contributed by atoms with Crippen LogP contribution in [0.25, 0.3) is 0 Å². The molecule has 0 spiro atoms. The maximum absolute atomic E-state index is 3.80. The van der Waals surface area contributed by atoms with Crippen molar-refractivity contribution in [1.29, 1.82) is 0 Å². The number of piperazine rings is 1. The van der Waals surface area contributed by atoms with Crippen molar-refractivity contribution in [1.82, 2.24) is 10.2 Å². The third kappa shape index (κ3) is 2.44. The van der Waals surface area contributed by atoms with Crippen LogP contribution in [-0.2, 0) is 5.54 Å². The first-order chi connectivity index (χ1) is 9.23. The minimum absolute atomic E-state index is 0.114. The van der Waals surface area contributed by atoms with Crippen LogP contribution in [0.15, 0.2) is 30.3 Å². The van der Waals surface area contributed by atoms with E-state index in [1.165, 1.54) is 31.2 Å². The van der Waals surface area contributed by atoms with Crippen molar-refractivity contribution in [2.45, 2.75) is 57.2 Å². The molecule has 1 saturated carbocycles. The van der Waals surface area contributed by atoms with Gasteiger partial charge in [0.1, 0.15) is 0 Å². The van der Waals surface area contributed by atoms with Crippen LogP contribution in [0.4, 0.5) is 0 Å². The van der Waals surface area contributed by atoms with Crippen LogP contribution in [0.3, 0.4) is 0 Å². The quantitative estimate of drug-likeness (QED) is 0.896. The van der Waals surface area contributed by atoms with Gasteiger partial charge in [-0.15, -0.1) is 0 Å². The topological polar surface area (TPSA) is 15.3 Å². The number of rotatable bonds is 3. The zero-order valence-electron chi connectivity index (χ0n) is 12.2. The standard InChI is InChI=1S/C17H26N2/c1-3-15-12-18-17(2,14-8-5-4-6-9-14)13-19(15)16-10-7-11-16/h4-6,8-9,15-16,18H,3,7,10-13H2,1-2H3. The summed E-state index contributed by atoms with van der Waals surface area (Å²) in [6.45, 7) is 6.96. The molecule has 1 saturated heterocycles. The highest BCUT2D eigenvalue weighted by Crippen LogP contribution is 2.34. The zero-order valence-corrected chi connectivity index (χ0v) is 12.2. The van der Waals surface area contributed by atoms with Crippen LogP contribution in [0, 0.1) is 0 Å². The fraction of sp³-hybridized carbons (Fsp3) is 0.647. The highest BCUT2D eigenvalue weighted by Gasteiger charge is 2.40. The molecule has 2 atom stereocenters. The van der Waals surface area contributed by atoms with E-state index in [4.69, 9.17) is 0 Å². The van der Waals surface area contributed by atoms with Crippen LogP contribution in [0.2, 0.25) is 0 Å². The Morgan fingerprint density at radius 3 is 2.58 bits per heavy atom. The van der Waals surface area contributed by atoms with Gasteiger partial charge in [0, 0.05) is 25.2 Å². The highest BCUT2D eigenvalue weighted by atomic mass is 15.3. The smallest absolute Gasteiger partial charge is 0.0535 e. The molecule has 104 valence electrons. The summed E-state index contributed by atoms with van der Waals surface area (Å²) in [7, 11) is 0. The number of nitrogens with zero attached hydrogens (tertiary/aromatic N) is 1. The average Bonchev–Trinajstić information content (AvgIpc) is 2.38. The van der Waals surface area contributed by atoms with Crippen LogP contribution >= 0.6 is 0 Å². The van der Waals surface area contributed by atoms with Crippen molar-refractivity contribution >= 4 is 0 Å². The summed E-state index contributed by atoms with van der Waals surface area (Å²) >= 11 is 0. The van der Waals surface area contributed by atoms with E-state index in [9.17, 15) is 0 Å². The van der Waals surface area contributed by atoms with Crippen molar-refractivity contribution in [2.24, 2.45) is 0 Å². The minimum Gasteiger partial charge on any atom is -0.305 e. The van der Waals surface area contributed by atoms with Crippen LogP contribution < -0.4 is 5.32 Å². The van der Waals surface area contributed by atoms with Gasteiger partial charge in [0.05, 0.1) is 5.54 Å². The number of benzene rings is 1. The van der Waals surface area contributed by atoms with E-state index in [0.717, 1.165) is 25.2 Å². The summed E-state index contributed by atoms with van der Waals surface area (Å²) < 4.78 is 0. The average molecular weight is 258 g/mol. The third-order valence-electron chi connectivity index (χ3n) is 5.12. The summed E-state index contributed by atoms with van der Waals surface area (Å²) in [6.07, 6.45) is 5.49. The Labute approximate surface area is 117 Å². The van der Waals surface area contributed by atoms with Gasteiger partial charge in [-0.05, 0) is 31.7 Å². The predicted octanol–water partition coefficient (Wildman–Crippen LogP) is 3.14. The Hall–Kier alpha value is -0.860. The number of hydrogen-bond acceptors (Lipinski definition) is 2. The lowest BCUT2D eigenvalue weighted by atomic mass is 9.83. The second-order valence-electron chi connectivity index (χ2n) is 6.40. The van der Waals surface area contributed by atoms with Crippen LogP contribution in [-0.4, -0.2) is 30.1 Å². The van der Waals surface area contributed by atoms with Gasteiger partial charge in [-0.2, -0.15) is 0 Å². The van der Waals surface area contributed by atoms with Gasteiger partial charge in [-0.3, -0.25) is 4.90 Å². The van der Waals surface area contributed by atoms with E-state index in [1.54, 1.807) is 0 Å². The Morgan fingerprint density at radius 2 is 2.00 bits per heavy atom. The molecule has 0 radical (unpaired) electrons. The molecule has 0 amide bonds. The van der Waals surface area contributed by atoms with Crippen molar-refractivity contribution in [3.8, 4) is 0 Å². The van der Waals surface area contributed by atoms with Crippen molar-refractivity contribution < 1.29 is 0 Å². The van der Waals surface area contributed by atoms with E-state index in [1.807, 2.05) is 0 Å². The van der Waals surface area contributed by atoms with E-state index < -0.39 is 0 Å². The Morgan fingerprint density at radius 1 is 1.26 bits per heavy atom. The SMILES string of the molecule is CCC1CNC(C)(c2ccccc2)CN1C1CCC1. The molecule has 1 aliphatic heterocycles.